The van der Waals surface area contributed by atoms with Crippen molar-refractivity contribution in [2.75, 3.05) is 7.11 Å². The van der Waals surface area contributed by atoms with Gasteiger partial charge in [0.15, 0.2) is 5.96 Å². The lowest BCUT2D eigenvalue weighted by molar-refractivity contribution is 0.407. The Morgan fingerprint density at radius 1 is 1.36 bits per heavy atom. The number of rotatable bonds is 3. The summed E-state index contributed by atoms with van der Waals surface area (Å²) < 4.78 is 5.20. The number of para-hydroxylation sites is 1. The van der Waals surface area contributed by atoms with Gasteiger partial charge in [-0.05, 0) is 13.0 Å². The first kappa shape index (κ1) is 10.4. The zero-order valence-corrected chi connectivity index (χ0v) is 8.40. The third kappa shape index (κ3) is 2.39. The molecule has 0 aromatic heterocycles. The van der Waals surface area contributed by atoms with Crippen molar-refractivity contribution in [3.63, 3.8) is 0 Å². The molecule has 0 fully saturated rings. The predicted octanol–water partition coefficient (Wildman–Crippen LogP) is 1.03. The van der Waals surface area contributed by atoms with Gasteiger partial charge in [-0.1, -0.05) is 18.2 Å². The lowest BCUT2D eigenvalue weighted by atomic mass is 10.1. The maximum Gasteiger partial charge on any atom is 0.186 e. The quantitative estimate of drug-likeness (QED) is 0.556. The summed E-state index contributed by atoms with van der Waals surface area (Å²) in [5.41, 5.74) is 11.6. The van der Waals surface area contributed by atoms with Crippen LogP contribution >= 0.6 is 0 Å². The van der Waals surface area contributed by atoms with Crippen LogP contribution in [0.4, 0.5) is 0 Å². The normalized spacial score (nSPS) is 11.9. The molecule has 0 saturated carbocycles. The second kappa shape index (κ2) is 4.50. The summed E-state index contributed by atoms with van der Waals surface area (Å²) in [6.07, 6.45) is 0. The Labute approximate surface area is 83.6 Å². The third-order valence-corrected chi connectivity index (χ3v) is 1.93. The fraction of sp³-hybridized carbons (Fsp3) is 0.300. The van der Waals surface area contributed by atoms with E-state index in [2.05, 4.69) is 4.99 Å². The Morgan fingerprint density at radius 2 is 2.00 bits per heavy atom. The number of benzene rings is 1. The van der Waals surface area contributed by atoms with E-state index in [1.807, 2.05) is 31.2 Å². The van der Waals surface area contributed by atoms with Crippen molar-refractivity contribution < 1.29 is 4.74 Å². The summed E-state index contributed by atoms with van der Waals surface area (Å²) in [5.74, 6) is 0.883. The van der Waals surface area contributed by atoms with Crippen molar-refractivity contribution in [3.05, 3.63) is 29.8 Å². The Hall–Kier alpha value is -1.71. The van der Waals surface area contributed by atoms with Crippen molar-refractivity contribution >= 4 is 5.96 Å². The van der Waals surface area contributed by atoms with Crippen molar-refractivity contribution in [2.45, 2.75) is 13.0 Å². The largest absolute Gasteiger partial charge is 0.496 e. The smallest absolute Gasteiger partial charge is 0.186 e. The van der Waals surface area contributed by atoms with Gasteiger partial charge in [0.25, 0.3) is 0 Å². The number of methoxy groups -OCH3 is 1. The van der Waals surface area contributed by atoms with Gasteiger partial charge < -0.3 is 16.2 Å². The predicted molar refractivity (Wildman–Crippen MR) is 57.2 cm³/mol. The van der Waals surface area contributed by atoms with E-state index in [0.29, 0.717) is 0 Å². The van der Waals surface area contributed by atoms with Gasteiger partial charge in [-0.15, -0.1) is 0 Å². The maximum atomic E-state index is 5.31. The minimum Gasteiger partial charge on any atom is -0.496 e. The molecule has 14 heavy (non-hydrogen) atoms. The first-order valence-corrected chi connectivity index (χ1v) is 4.36. The number of hydrogen-bond donors (Lipinski definition) is 2. The fourth-order valence-electron chi connectivity index (χ4n) is 1.30. The molecule has 0 radical (unpaired) electrons. The monoisotopic (exact) mass is 193 g/mol. The van der Waals surface area contributed by atoms with E-state index in [1.165, 1.54) is 0 Å². The van der Waals surface area contributed by atoms with Crippen LogP contribution in [0.1, 0.15) is 18.5 Å². The summed E-state index contributed by atoms with van der Waals surface area (Å²) in [4.78, 5) is 4.05. The van der Waals surface area contributed by atoms with Gasteiger partial charge in [-0.2, -0.15) is 0 Å². The van der Waals surface area contributed by atoms with Gasteiger partial charge >= 0.3 is 0 Å². The Bertz CT molecular complexity index is 332. The lowest BCUT2D eigenvalue weighted by Gasteiger charge is -2.11. The van der Waals surface area contributed by atoms with Gasteiger partial charge in [0.05, 0.1) is 13.2 Å². The van der Waals surface area contributed by atoms with E-state index in [4.69, 9.17) is 16.2 Å². The zero-order valence-electron chi connectivity index (χ0n) is 8.40. The van der Waals surface area contributed by atoms with Crippen molar-refractivity contribution in [1.29, 1.82) is 0 Å². The third-order valence-electron chi connectivity index (χ3n) is 1.93. The Balaban J connectivity index is 2.99. The molecular formula is C10H15N3O. The maximum absolute atomic E-state index is 5.31. The van der Waals surface area contributed by atoms with Crippen LogP contribution in [0.5, 0.6) is 5.75 Å². The molecule has 0 saturated heterocycles. The van der Waals surface area contributed by atoms with Gasteiger partial charge in [0, 0.05) is 5.56 Å². The number of nitrogens with two attached hydrogens (primary N) is 2. The van der Waals surface area contributed by atoms with Crippen LogP contribution in [0.25, 0.3) is 0 Å². The number of nitrogens with zero attached hydrogens (tertiary/aromatic N) is 1. The molecule has 0 aliphatic rings. The number of guanidine groups is 1. The van der Waals surface area contributed by atoms with Gasteiger partial charge in [-0.3, -0.25) is 0 Å². The molecule has 1 rings (SSSR count). The SMILES string of the molecule is COc1ccccc1[C@@H](C)N=C(N)N. The van der Waals surface area contributed by atoms with Crippen molar-refractivity contribution in [2.24, 2.45) is 16.5 Å². The summed E-state index contributed by atoms with van der Waals surface area (Å²) in [6.45, 7) is 1.91. The molecule has 0 unspecified atom stereocenters. The topological polar surface area (TPSA) is 73.6 Å². The molecule has 0 aliphatic heterocycles. The summed E-state index contributed by atoms with van der Waals surface area (Å²) in [6, 6.07) is 7.57. The molecule has 0 spiro atoms. The number of hydrogen-bond acceptors (Lipinski definition) is 2. The highest BCUT2D eigenvalue weighted by atomic mass is 16.5. The first-order chi connectivity index (χ1) is 6.65. The van der Waals surface area contributed by atoms with Gasteiger partial charge in [0.1, 0.15) is 5.75 Å². The molecular weight excluding hydrogens is 178 g/mol. The van der Waals surface area contributed by atoms with Crippen LogP contribution in [-0.4, -0.2) is 13.1 Å². The molecule has 1 aromatic rings. The molecule has 0 heterocycles. The Kier molecular flexibility index (Phi) is 3.34. The van der Waals surface area contributed by atoms with E-state index in [1.54, 1.807) is 7.11 Å². The molecule has 1 atom stereocenters. The highest BCUT2D eigenvalue weighted by Gasteiger charge is 2.08. The van der Waals surface area contributed by atoms with E-state index in [-0.39, 0.29) is 12.0 Å². The molecule has 0 bridgehead atoms. The van der Waals surface area contributed by atoms with Crippen LogP contribution in [0, 0.1) is 0 Å². The average molecular weight is 193 g/mol. The molecule has 4 heteroatoms. The standard InChI is InChI=1S/C10H15N3O/c1-7(13-10(11)12)8-5-3-4-6-9(8)14-2/h3-7H,1-2H3,(H4,11,12,13)/t7-/m1/s1. The average Bonchev–Trinajstić information content (AvgIpc) is 2.16. The Morgan fingerprint density at radius 3 is 2.57 bits per heavy atom. The summed E-state index contributed by atoms with van der Waals surface area (Å²) in [7, 11) is 1.63. The number of ether oxygens (including phenoxy) is 1. The van der Waals surface area contributed by atoms with E-state index < -0.39 is 0 Å². The first-order valence-electron chi connectivity index (χ1n) is 4.36. The van der Waals surface area contributed by atoms with Crippen LogP contribution in [-0.2, 0) is 0 Å². The van der Waals surface area contributed by atoms with Crippen molar-refractivity contribution in [3.8, 4) is 5.75 Å². The molecule has 4 nitrogen and oxygen atoms in total. The second-order valence-electron chi connectivity index (χ2n) is 2.97. The molecule has 0 aliphatic carbocycles. The van der Waals surface area contributed by atoms with Crippen LogP contribution < -0.4 is 16.2 Å². The molecule has 4 N–H and O–H groups in total. The fourth-order valence-corrected chi connectivity index (χ4v) is 1.30. The van der Waals surface area contributed by atoms with Gasteiger partial charge in [-0.25, -0.2) is 4.99 Å². The lowest BCUT2D eigenvalue weighted by Crippen LogP contribution is -2.23. The summed E-state index contributed by atoms with van der Waals surface area (Å²) in [5, 5.41) is 0. The van der Waals surface area contributed by atoms with Crippen LogP contribution in [0.2, 0.25) is 0 Å². The minimum atomic E-state index is -0.0869. The molecule has 76 valence electrons. The van der Waals surface area contributed by atoms with E-state index >= 15 is 0 Å². The highest BCUT2D eigenvalue weighted by Crippen LogP contribution is 2.26. The highest BCUT2D eigenvalue weighted by molar-refractivity contribution is 5.76. The minimum absolute atomic E-state index is 0.0865. The van der Waals surface area contributed by atoms with Crippen LogP contribution in [0.3, 0.4) is 0 Å². The van der Waals surface area contributed by atoms with Gasteiger partial charge in [0.2, 0.25) is 0 Å². The summed E-state index contributed by atoms with van der Waals surface area (Å²) >= 11 is 0. The molecule has 1 aromatic carbocycles. The second-order valence-corrected chi connectivity index (χ2v) is 2.97. The molecule has 0 amide bonds. The van der Waals surface area contributed by atoms with Crippen molar-refractivity contribution in [1.82, 2.24) is 0 Å². The number of aliphatic imine (C=N–C) groups is 1. The van der Waals surface area contributed by atoms with Crippen LogP contribution in [0.15, 0.2) is 29.3 Å². The zero-order chi connectivity index (χ0) is 10.6. The van der Waals surface area contributed by atoms with E-state index in [0.717, 1.165) is 11.3 Å². The van der Waals surface area contributed by atoms with E-state index in [9.17, 15) is 0 Å².